The van der Waals surface area contributed by atoms with E-state index >= 15 is 0 Å². The van der Waals surface area contributed by atoms with Crippen molar-refractivity contribution in [3.8, 4) is 11.1 Å². The van der Waals surface area contributed by atoms with E-state index in [1.807, 2.05) is 48.7 Å². The molecule has 0 saturated heterocycles. The van der Waals surface area contributed by atoms with Gasteiger partial charge in [-0.2, -0.15) is 11.8 Å². The molecule has 0 aliphatic rings. The fourth-order valence-electron chi connectivity index (χ4n) is 3.31. The molecule has 1 amide bonds. The van der Waals surface area contributed by atoms with Crippen molar-refractivity contribution in [2.45, 2.75) is 12.5 Å². The van der Waals surface area contributed by atoms with Gasteiger partial charge in [0.15, 0.2) is 0 Å². The van der Waals surface area contributed by atoms with Crippen molar-refractivity contribution in [3.05, 3.63) is 66.2 Å². The zero-order valence-corrected chi connectivity index (χ0v) is 17.3. The zero-order chi connectivity index (χ0) is 20.8. The Morgan fingerprint density at radius 2 is 1.83 bits per heavy atom. The maximum absolute atomic E-state index is 13.1. The molecule has 3 N–H and O–H groups in total. The van der Waals surface area contributed by atoms with Crippen LogP contribution < -0.4 is 11.1 Å². The van der Waals surface area contributed by atoms with Crippen molar-refractivity contribution in [2.75, 3.05) is 24.9 Å². The number of hydrogen-bond acceptors (Lipinski definition) is 5. The second-order valence-electron chi connectivity index (χ2n) is 6.66. The molecule has 3 rings (SSSR count). The van der Waals surface area contributed by atoms with Crippen molar-refractivity contribution in [1.82, 2.24) is 5.32 Å². The molecule has 6 heteroatoms. The Kier molecular flexibility index (Phi) is 6.77. The molecule has 0 fully saturated rings. The minimum atomic E-state index is -0.696. The number of carbonyl (C=O) groups is 2. The first kappa shape index (κ1) is 20.7. The van der Waals surface area contributed by atoms with Gasteiger partial charge in [0, 0.05) is 11.3 Å². The number of methoxy groups -OCH3 is 1. The third-order valence-corrected chi connectivity index (χ3v) is 5.41. The number of nitrogens with two attached hydrogens (primary N) is 1. The molecule has 150 valence electrons. The van der Waals surface area contributed by atoms with Crippen molar-refractivity contribution >= 4 is 40.1 Å². The number of rotatable bonds is 7. The molecule has 29 heavy (non-hydrogen) atoms. The molecular weight excluding hydrogens is 384 g/mol. The van der Waals surface area contributed by atoms with Crippen LogP contribution in [0, 0.1) is 0 Å². The Morgan fingerprint density at radius 1 is 1.07 bits per heavy atom. The van der Waals surface area contributed by atoms with Crippen LogP contribution in [0.4, 0.5) is 5.69 Å². The van der Waals surface area contributed by atoms with E-state index in [9.17, 15) is 9.59 Å². The number of nitrogens with one attached hydrogen (secondary N) is 1. The lowest BCUT2D eigenvalue weighted by atomic mass is 9.93. The summed E-state index contributed by atoms with van der Waals surface area (Å²) >= 11 is 1.61. The smallest absolute Gasteiger partial charge is 0.328 e. The SMILES string of the molecule is COC(=O)C(CCSC)NC(=O)c1ccc(N)cc1-c1cccc2ccccc12. The number of esters is 1. The molecule has 0 spiro atoms. The van der Waals surface area contributed by atoms with E-state index in [1.165, 1.54) is 7.11 Å². The Morgan fingerprint density at radius 3 is 2.59 bits per heavy atom. The minimum Gasteiger partial charge on any atom is -0.467 e. The van der Waals surface area contributed by atoms with E-state index in [4.69, 9.17) is 10.5 Å². The first-order valence-corrected chi connectivity index (χ1v) is 10.7. The number of thioether (sulfide) groups is 1. The second-order valence-corrected chi connectivity index (χ2v) is 7.65. The van der Waals surface area contributed by atoms with Crippen LogP contribution in [0.2, 0.25) is 0 Å². The lowest BCUT2D eigenvalue weighted by Gasteiger charge is -2.18. The van der Waals surface area contributed by atoms with Gasteiger partial charge in [0.05, 0.1) is 7.11 Å². The quantitative estimate of drug-likeness (QED) is 0.454. The summed E-state index contributed by atoms with van der Waals surface area (Å²) in [6.07, 6.45) is 2.45. The highest BCUT2D eigenvalue weighted by atomic mass is 32.2. The molecule has 1 unspecified atom stereocenters. The van der Waals surface area contributed by atoms with Gasteiger partial charge in [-0.1, -0.05) is 42.5 Å². The Hall–Kier alpha value is -2.99. The van der Waals surface area contributed by atoms with E-state index < -0.39 is 12.0 Å². The predicted octanol–water partition coefficient (Wildman–Crippen LogP) is 4.11. The summed E-state index contributed by atoms with van der Waals surface area (Å²) in [4.78, 5) is 25.2. The largest absolute Gasteiger partial charge is 0.467 e. The minimum absolute atomic E-state index is 0.329. The highest BCUT2D eigenvalue weighted by molar-refractivity contribution is 7.98. The van der Waals surface area contributed by atoms with Gasteiger partial charge in [-0.3, -0.25) is 4.79 Å². The number of benzene rings is 3. The van der Waals surface area contributed by atoms with Gasteiger partial charge in [0.2, 0.25) is 0 Å². The van der Waals surface area contributed by atoms with Crippen LogP contribution in [0.3, 0.4) is 0 Å². The fourth-order valence-corrected chi connectivity index (χ4v) is 3.78. The Bertz CT molecular complexity index is 1030. The van der Waals surface area contributed by atoms with Crippen LogP contribution in [0.25, 0.3) is 21.9 Å². The molecule has 0 aliphatic carbocycles. The number of hydrogen-bond donors (Lipinski definition) is 2. The average molecular weight is 409 g/mol. The first-order valence-electron chi connectivity index (χ1n) is 9.30. The molecule has 0 aromatic heterocycles. The van der Waals surface area contributed by atoms with Crippen molar-refractivity contribution in [2.24, 2.45) is 0 Å². The monoisotopic (exact) mass is 408 g/mol. The summed E-state index contributed by atoms with van der Waals surface area (Å²) in [5.74, 6) is -0.0446. The number of fused-ring (bicyclic) bond motifs is 1. The fraction of sp³-hybridized carbons (Fsp3) is 0.217. The van der Waals surface area contributed by atoms with Crippen LogP contribution in [0.1, 0.15) is 16.8 Å². The highest BCUT2D eigenvalue weighted by Gasteiger charge is 2.23. The molecule has 3 aromatic rings. The van der Waals surface area contributed by atoms with E-state index in [1.54, 1.807) is 30.0 Å². The third-order valence-electron chi connectivity index (χ3n) is 4.77. The van der Waals surface area contributed by atoms with E-state index in [2.05, 4.69) is 5.32 Å². The van der Waals surface area contributed by atoms with Gasteiger partial charge in [-0.05, 0) is 58.5 Å². The Balaban J connectivity index is 2.02. The predicted molar refractivity (Wildman–Crippen MR) is 120 cm³/mol. The normalized spacial score (nSPS) is 11.8. The molecule has 0 aliphatic heterocycles. The van der Waals surface area contributed by atoms with Gasteiger partial charge < -0.3 is 15.8 Å². The van der Waals surface area contributed by atoms with Gasteiger partial charge in [0.25, 0.3) is 5.91 Å². The number of ether oxygens (including phenoxy) is 1. The second kappa shape index (κ2) is 9.47. The number of amides is 1. The molecule has 0 bridgehead atoms. The zero-order valence-electron chi connectivity index (χ0n) is 16.5. The van der Waals surface area contributed by atoms with Gasteiger partial charge in [-0.15, -0.1) is 0 Å². The Labute approximate surface area is 174 Å². The van der Waals surface area contributed by atoms with Crippen LogP contribution in [-0.4, -0.2) is 37.0 Å². The molecule has 1 atom stereocenters. The summed E-state index contributed by atoms with van der Waals surface area (Å²) < 4.78 is 4.85. The van der Waals surface area contributed by atoms with Crippen molar-refractivity contribution < 1.29 is 14.3 Å². The summed E-state index contributed by atoms with van der Waals surface area (Å²) in [5.41, 5.74) is 8.72. The molecule has 5 nitrogen and oxygen atoms in total. The van der Waals surface area contributed by atoms with Gasteiger partial charge >= 0.3 is 5.97 Å². The molecule has 0 heterocycles. The average Bonchev–Trinajstić information content (AvgIpc) is 2.75. The highest BCUT2D eigenvalue weighted by Crippen LogP contribution is 2.32. The lowest BCUT2D eigenvalue weighted by Crippen LogP contribution is -2.42. The third kappa shape index (κ3) is 4.71. The van der Waals surface area contributed by atoms with Crippen molar-refractivity contribution in [1.29, 1.82) is 0 Å². The maximum Gasteiger partial charge on any atom is 0.328 e. The molecule has 3 aromatic carbocycles. The van der Waals surface area contributed by atoms with E-state index in [0.29, 0.717) is 17.7 Å². The standard InChI is InChI=1S/C23H24N2O3S/c1-28-23(27)21(12-13-29-2)25-22(26)19-11-10-16(24)14-20(19)18-9-5-7-15-6-3-4-8-17(15)18/h3-11,14,21H,12-13,24H2,1-2H3,(H,25,26). The van der Waals surface area contributed by atoms with Gasteiger partial charge in [0.1, 0.15) is 6.04 Å². The number of anilines is 1. The number of nitrogen functional groups attached to an aromatic ring is 1. The van der Waals surface area contributed by atoms with Crippen LogP contribution in [-0.2, 0) is 9.53 Å². The summed E-state index contributed by atoms with van der Waals surface area (Å²) in [6.45, 7) is 0. The van der Waals surface area contributed by atoms with Crippen LogP contribution >= 0.6 is 11.8 Å². The number of carbonyl (C=O) groups excluding carboxylic acids is 2. The maximum atomic E-state index is 13.1. The van der Waals surface area contributed by atoms with Crippen LogP contribution in [0.15, 0.2) is 60.7 Å². The van der Waals surface area contributed by atoms with E-state index in [0.717, 1.165) is 27.7 Å². The summed E-state index contributed by atoms with van der Waals surface area (Å²) in [7, 11) is 1.32. The first-order chi connectivity index (χ1) is 14.0. The molecule has 0 saturated carbocycles. The molecular formula is C23H24N2O3S. The summed E-state index contributed by atoms with van der Waals surface area (Å²) in [6, 6.07) is 18.4. The topological polar surface area (TPSA) is 81.4 Å². The van der Waals surface area contributed by atoms with E-state index in [-0.39, 0.29) is 5.91 Å². The summed E-state index contributed by atoms with van der Waals surface area (Å²) in [5, 5.41) is 4.93. The lowest BCUT2D eigenvalue weighted by molar-refractivity contribution is -0.142. The molecule has 0 radical (unpaired) electrons. The van der Waals surface area contributed by atoms with Crippen LogP contribution in [0.5, 0.6) is 0 Å². The van der Waals surface area contributed by atoms with Gasteiger partial charge in [-0.25, -0.2) is 4.79 Å². The van der Waals surface area contributed by atoms with Crippen molar-refractivity contribution in [3.63, 3.8) is 0 Å².